The van der Waals surface area contributed by atoms with E-state index in [9.17, 15) is 4.79 Å². The van der Waals surface area contributed by atoms with Crippen molar-refractivity contribution < 1.29 is 4.79 Å². The van der Waals surface area contributed by atoms with E-state index in [4.69, 9.17) is 23.2 Å². The number of nitrogens with zero attached hydrogens (tertiary/aromatic N) is 3. The van der Waals surface area contributed by atoms with Gasteiger partial charge in [-0.3, -0.25) is 4.79 Å². The van der Waals surface area contributed by atoms with Crippen LogP contribution in [0, 0.1) is 0 Å². The fourth-order valence-electron chi connectivity index (χ4n) is 2.18. The maximum absolute atomic E-state index is 10.7. The fraction of sp³-hybridized carbons (Fsp3) is 0.333. The van der Waals surface area contributed by atoms with Crippen LogP contribution in [0.25, 0.3) is 11.0 Å². The van der Waals surface area contributed by atoms with Crippen molar-refractivity contribution in [3.63, 3.8) is 0 Å². The van der Waals surface area contributed by atoms with Crippen LogP contribution < -0.4 is 4.90 Å². The number of imidazole rings is 1. The first kappa shape index (κ1) is 12.6. The molecule has 19 heavy (non-hydrogen) atoms. The summed E-state index contributed by atoms with van der Waals surface area (Å²) >= 11 is 12.0. The van der Waals surface area contributed by atoms with Gasteiger partial charge in [0.1, 0.15) is 0 Å². The van der Waals surface area contributed by atoms with Gasteiger partial charge in [0.2, 0.25) is 12.4 Å². The number of benzene rings is 1. The van der Waals surface area contributed by atoms with E-state index in [0.29, 0.717) is 23.1 Å². The number of hydrogen-bond acceptors (Lipinski definition) is 3. The second-order valence-corrected chi connectivity index (χ2v) is 5.29. The van der Waals surface area contributed by atoms with E-state index in [1.54, 1.807) is 17.0 Å². The molecular formula is C12H12Cl2N4O. The second-order valence-electron chi connectivity index (χ2n) is 4.47. The summed E-state index contributed by atoms with van der Waals surface area (Å²) in [5, 5.41) is 1.01. The number of anilines is 1. The number of amides is 1. The zero-order valence-electron chi connectivity index (χ0n) is 10.1. The van der Waals surface area contributed by atoms with E-state index < -0.39 is 0 Å². The van der Waals surface area contributed by atoms with Crippen LogP contribution in [0.15, 0.2) is 12.1 Å². The normalized spacial score (nSPS) is 16.1. The fourth-order valence-corrected chi connectivity index (χ4v) is 2.50. The van der Waals surface area contributed by atoms with Crippen molar-refractivity contribution in [2.45, 2.75) is 0 Å². The first-order valence-electron chi connectivity index (χ1n) is 5.96. The highest BCUT2D eigenvalue weighted by atomic mass is 35.5. The van der Waals surface area contributed by atoms with Crippen LogP contribution >= 0.6 is 23.2 Å². The van der Waals surface area contributed by atoms with Crippen LogP contribution in [0.3, 0.4) is 0 Å². The lowest BCUT2D eigenvalue weighted by atomic mass is 10.3. The summed E-state index contributed by atoms with van der Waals surface area (Å²) in [6.07, 6.45) is 0.884. The number of aromatic amines is 1. The van der Waals surface area contributed by atoms with Gasteiger partial charge < -0.3 is 14.8 Å². The van der Waals surface area contributed by atoms with Gasteiger partial charge in [-0.15, -0.1) is 0 Å². The summed E-state index contributed by atoms with van der Waals surface area (Å²) in [6, 6.07) is 3.53. The molecular weight excluding hydrogens is 287 g/mol. The van der Waals surface area contributed by atoms with E-state index in [0.717, 1.165) is 36.5 Å². The van der Waals surface area contributed by atoms with Gasteiger partial charge in [-0.25, -0.2) is 4.98 Å². The third kappa shape index (κ3) is 2.35. The summed E-state index contributed by atoms with van der Waals surface area (Å²) in [6.45, 7) is 2.95. The maximum atomic E-state index is 10.7. The molecule has 0 saturated carbocycles. The SMILES string of the molecule is O=CN1CCN(c2nc3cc(Cl)c(Cl)cc3[nH]2)CC1. The molecule has 1 aromatic carbocycles. The predicted octanol–water partition coefficient (Wildman–Crippen LogP) is 2.15. The monoisotopic (exact) mass is 298 g/mol. The minimum atomic E-state index is 0.498. The van der Waals surface area contributed by atoms with Crippen molar-refractivity contribution >= 4 is 46.6 Å². The number of aromatic nitrogens is 2. The molecule has 3 rings (SSSR count). The number of piperazine rings is 1. The third-order valence-corrected chi connectivity index (χ3v) is 4.00. The van der Waals surface area contributed by atoms with Gasteiger partial charge in [0.05, 0.1) is 21.1 Å². The average molecular weight is 299 g/mol. The molecule has 1 saturated heterocycles. The van der Waals surface area contributed by atoms with E-state index in [-0.39, 0.29) is 0 Å². The van der Waals surface area contributed by atoms with Gasteiger partial charge in [0.25, 0.3) is 0 Å². The van der Waals surface area contributed by atoms with Gasteiger partial charge in [-0.05, 0) is 12.1 Å². The smallest absolute Gasteiger partial charge is 0.209 e. The Kier molecular flexibility index (Phi) is 3.24. The van der Waals surface area contributed by atoms with E-state index in [2.05, 4.69) is 14.9 Å². The minimum Gasteiger partial charge on any atom is -0.342 e. The molecule has 0 radical (unpaired) electrons. The molecule has 1 aliphatic heterocycles. The Morgan fingerprint density at radius 1 is 1.16 bits per heavy atom. The molecule has 7 heteroatoms. The van der Waals surface area contributed by atoms with Crippen LogP contribution in [0.2, 0.25) is 10.0 Å². The number of H-pyrrole nitrogens is 1. The van der Waals surface area contributed by atoms with E-state index in [1.807, 2.05) is 0 Å². The van der Waals surface area contributed by atoms with E-state index >= 15 is 0 Å². The Bertz CT molecular complexity index is 580. The predicted molar refractivity (Wildman–Crippen MR) is 76.0 cm³/mol. The molecule has 1 fully saturated rings. The lowest BCUT2D eigenvalue weighted by Gasteiger charge is -2.32. The van der Waals surface area contributed by atoms with Crippen molar-refractivity contribution in [3.8, 4) is 0 Å². The number of nitrogens with one attached hydrogen (secondary N) is 1. The largest absolute Gasteiger partial charge is 0.342 e. The van der Waals surface area contributed by atoms with Crippen molar-refractivity contribution in [1.29, 1.82) is 0 Å². The molecule has 0 unspecified atom stereocenters. The Balaban J connectivity index is 1.87. The van der Waals surface area contributed by atoms with Crippen LogP contribution in [0.1, 0.15) is 0 Å². The number of fused-ring (bicyclic) bond motifs is 1. The average Bonchev–Trinajstić information content (AvgIpc) is 2.82. The Morgan fingerprint density at radius 3 is 2.53 bits per heavy atom. The zero-order chi connectivity index (χ0) is 13.4. The standard InChI is InChI=1S/C12H12Cl2N4O/c13-8-5-10-11(6-9(8)14)16-12(15-10)18-3-1-17(7-19)2-4-18/h5-7H,1-4H2,(H,15,16). The Hall–Kier alpha value is -1.46. The van der Waals surface area contributed by atoms with Gasteiger partial charge in [-0.1, -0.05) is 23.2 Å². The summed E-state index contributed by atoms with van der Waals surface area (Å²) in [5.41, 5.74) is 1.66. The number of rotatable bonds is 2. The quantitative estimate of drug-likeness (QED) is 0.865. The van der Waals surface area contributed by atoms with Gasteiger partial charge in [0.15, 0.2) is 0 Å². The number of halogens is 2. The van der Waals surface area contributed by atoms with Crippen LogP contribution in [0.5, 0.6) is 0 Å². The summed E-state index contributed by atoms with van der Waals surface area (Å²) in [5.74, 6) is 0.791. The number of carbonyl (C=O) groups is 1. The van der Waals surface area contributed by atoms with Crippen molar-refractivity contribution in [2.75, 3.05) is 31.1 Å². The molecule has 5 nitrogen and oxygen atoms in total. The molecule has 0 atom stereocenters. The lowest BCUT2D eigenvalue weighted by molar-refractivity contribution is -0.118. The number of carbonyl (C=O) groups excluding carboxylic acids is 1. The molecule has 0 spiro atoms. The first-order valence-corrected chi connectivity index (χ1v) is 6.72. The molecule has 1 aromatic heterocycles. The molecule has 0 bridgehead atoms. The zero-order valence-corrected chi connectivity index (χ0v) is 11.6. The highest BCUT2D eigenvalue weighted by Gasteiger charge is 2.18. The van der Waals surface area contributed by atoms with Crippen molar-refractivity contribution in [2.24, 2.45) is 0 Å². The van der Waals surface area contributed by atoms with Gasteiger partial charge >= 0.3 is 0 Å². The Morgan fingerprint density at radius 2 is 1.84 bits per heavy atom. The molecule has 2 heterocycles. The molecule has 2 aromatic rings. The van der Waals surface area contributed by atoms with Gasteiger partial charge in [0, 0.05) is 26.2 Å². The minimum absolute atomic E-state index is 0.498. The van der Waals surface area contributed by atoms with Crippen molar-refractivity contribution in [1.82, 2.24) is 14.9 Å². The molecule has 1 N–H and O–H groups in total. The molecule has 1 amide bonds. The van der Waals surface area contributed by atoms with Gasteiger partial charge in [-0.2, -0.15) is 0 Å². The topological polar surface area (TPSA) is 52.2 Å². The third-order valence-electron chi connectivity index (χ3n) is 3.27. The van der Waals surface area contributed by atoms with Crippen LogP contribution in [-0.4, -0.2) is 47.5 Å². The lowest BCUT2D eigenvalue weighted by Crippen LogP contribution is -2.46. The first-order chi connectivity index (χ1) is 9.17. The number of hydrogen-bond donors (Lipinski definition) is 1. The van der Waals surface area contributed by atoms with E-state index in [1.165, 1.54) is 0 Å². The molecule has 0 aliphatic carbocycles. The second kappa shape index (κ2) is 4.90. The van der Waals surface area contributed by atoms with Crippen molar-refractivity contribution in [3.05, 3.63) is 22.2 Å². The summed E-state index contributed by atoms with van der Waals surface area (Å²) in [4.78, 5) is 22.3. The summed E-state index contributed by atoms with van der Waals surface area (Å²) < 4.78 is 0. The summed E-state index contributed by atoms with van der Waals surface area (Å²) in [7, 11) is 0. The Labute approximate surface area is 120 Å². The van der Waals surface area contributed by atoms with Crippen LogP contribution in [0.4, 0.5) is 5.95 Å². The molecule has 1 aliphatic rings. The molecule has 100 valence electrons. The highest BCUT2D eigenvalue weighted by Crippen LogP contribution is 2.28. The highest BCUT2D eigenvalue weighted by molar-refractivity contribution is 6.42. The van der Waals surface area contributed by atoms with Crippen LogP contribution in [-0.2, 0) is 4.79 Å². The maximum Gasteiger partial charge on any atom is 0.209 e.